The summed E-state index contributed by atoms with van der Waals surface area (Å²) in [6, 6.07) is 8.88. The lowest BCUT2D eigenvalue weighted by Gasteiger charge is -2.29. The second kappa shape index (κ2) is 6.54. The first-order chi connectivity index (χ1) is 11.8. The maximum atomic E-state index is 5.72. The second-order valence-electron chi connectivity index (χ2n) is 6.89. The normalized spacial score (nSPS) is 18.2. The Morgan fingerprint density at radius 2 is 1.88 bits per heavy atom. The van der Waals surface area contributed by atoms with E-state index in [0.717, 1.165) is 52.0 Å². The number of rotatable bonds is 2. The highest BCUT2D eigenvalue weighted by atomic mass is 15.1. The summed E-state index contributed by atoms with van der Waals surface area (Å²) in [5.74, 6) is 1.17. The second-order valence-corrected chi connectivity index (χ2v) is 6.89. The third-order valence-electron chi connectivity index (χ3n) is 5.43. The van der Waals surface area contributed by atoms with Gasteiger partial charge >= 0.3 is 0 Å². The van der Waals surface area contributed by atoms with Crippen LogP contribution in [0.2, 0.25) is 0 Å². The summed E-state index contributed by atoms with van der Waals surface area (Å²) in [5, 5.41) is 0. The Bertz CT molecular complexity index is 762. The highest BCUT2D eigenvalue weighted by Gasteiger charge is 2.25. The van der Waals surface area contributed by atoms with Crippen molar-refractivity contribution in [2.24, 2.45) is 5.73 Å². The van der Waals surface area contributed by atoms with Crippen molar-refractivity contribution in [3.8, 4) is 0 Å². The number of piperidine rings is 1. The van der Waals surface area contributed by atoms with E-state index in [1.165, 1.54) is 28.2 Å². The third-order valence-corrected chi connectivity index (χ3v) is 5.43. The minimum absolute atomic E-state index is 0.748. The van der Waals surface area contributed by atoms with Crippen molar-refractivity contribution < 1.29 is 0 Å². The van der Waals surface area contributed by atoms with Crippen molar-refractivity contribution in [1.29, 1.82) is 0 Å². The molecule has 4 rings (SSSR count). The number of nitrogens with zero attached hydrogens (tertiary/aromatic N) is 3. The van der Waals surface area contributed by atoms with Gasteiger partial charge in [0.1, 0.15) is 5.82 Å². The zero-order valence-corrected chi connectivity index (χ0v) is 14.5. The number of aryl methyl sites for hydroxylation is 2. The molecule has 2 N–H and O–H groups in total. The van der Waals surface area contributed by atoms with Crippen LogP contribution in [0.3, 0.4) is 0 Å². The van der Waals surface area contributed by atoms with E-state index in [1.807, 2.05) is 6.20 Å². The van der Waals surface area contributed by atoms with E-state index in [0.29, 0.717) is 0 Å². The topological polar surface area (TPSA) is 47.1 Å². The number of benzene rings is 1. The van der Waals surface area contributed by atoms with E-state index in [-0.39, 0.29) is 0 Å². The fourth-order valence-electron chi connectivity index (χ4n) is 4.11. The molecule has 2 aliphatic heterocycles. The van der Waals surface area contributed by atoms with Crippen LogP contribution in [0.4, 0.5) is 0 Å². The average Bonchev–Trinajstić information content (AvgIpc) is 2.88. The first-order valence-corrected chi connectivity index (χ1v) is 9.03. The molecule has 2 aliphatic rings. The lowest BCUT2D eigenvalue weighted by atomic mass is 9.90. The standard InChI is InChI=1S/C20H26N4/c1-15-14-22-20-19(17-6-10-23(11-7-17)13-9-21)18-5-3-2-4-16(18)8-12-24(15)20/h2-5,14H,6-13,21H2,1H3. The van der Waals surface area contributed by atoms with Crippen LogP contribution in [-0.4, -0.2) is 40.6 Å². The molecule has 3 heterocycles. The molecular formula is C20H26N4. The van der Waals surface area contributed by atoms with E-state index < -0.39 is 0 Å². The Labute approximate surface area is 144 Å². The maximum absolute atomic E-state index is 5.72. The van der Waals surface area contributed by atoms with Gasteiger partial charge in [-0.3, -0.25) is 0 Å². The first kappa shape index (κ1) is 15.6. The third kappa shape index (κ3) is 2.70. The molecule has 126 valence electrons. The molecular weight excluding hydrogens is 296 g/mol. The summed E-state index contributed by atoms with van der Waals surface area (Å²) < 4.78 is 2.40. The fraction of sp³-hybridized carbons (Fsp3) is 0.450. The summed E-state index contributed by atoms with van der Waals surface area (Å²) in [6.45, 7) is 7.16. The van der Waals surface area contributed by atoms with E-state index in [4.69, 9.17) is 10.7 Å². The molecule has 24 heavy (non-hydrogen) atoms. The van der Waals surface area contributed by atoms with Crippen LogP contribution in [0.5, 0.6) is 0 Å². The van der Waals surface area contributed by atoms with Gasteiger partial charge in [-0.2, -0.15) is 0 Å². The lowest BCUT2D eigenvalue weighted by molar-refractivity contribution is 0.264. The number of imidazole rings is 1. The minimum Gasteiger partial charge on any atom is -0.329 e. The number of aromatic nitrogens is 2. The Morgan fingerprint density at radius 3 is 2.67 bits per heavy atom. The Balaban J connectivity index is 1.80. The highest BCUT2D eigenvalue weighted by molar-refractivity contribution is 5.81. The Kier molecular flexibility index (Phi) is 4.25. The predicted octanol–water partition coefficient (Wildman–Crippen LogP) is 2.60. The molecule has 1 saturated heterocycles. The van der Waals surface area contributed by atoms with E-state index in [9.17, 15) is 0 Å². The predicted molar refractivity (Wildman–Crippen MR) is 97.9 cm³/mol. The molecule has 1 fully saturated rings. The summed E-state index contributed by atoms with van der Waals surface area (Å²) in [6.07, 6.45) is 5.34. The smallest absolute Gasteiger partial charge is 0.140 e. The summed E-state index contributed by atoms with van der Waals surface area (Å²) in [5.41, 5.74) is 12.8. The number of nitrogens with two attached hydrogens (primary N) is 1. The van der Waals surface area contributed by atoms with Crippen LogP contribution in [-0.2, 0) is 13.0 Å². The molecule has 4 nitrogen and oxygen atoms in total. The van der Waals surface area contributed by atoms with E-state index in [2.05, 4.69) is 40.7 Å². The molecule has 0 saturated carbocycles. The van der Waals surface area contributed by atoms with Gasteiger partial charge in [0.05, 0.1) is 0 Å². The zero-order chi connectivity index (χ0) is 16.5. The fourth-order valence-corrected chi connectivity index (χ4v) is 4.11. The summed E-state index contributed by atoms with van der Waals surface area (Å²) >= 11 is 0. The van der Waals surface area contributed by atoms with Gasteiger partial charge in [-0.15, -0.1) is 0 Å². The van der Waals surface area contributed by atoms with Crippen molar-refractivity contribution in [3.63, 3.8) is 0 Å². The van der Waals surface area contributed by atoms with E-state index >= 15 is 0 Å². The van der Waals surface area contributed by atoms with Gasteiger partial charge in [0.2, 0.25) is 0 Å². The monoisotopic (exact) mass is 322 g/mol. The van der Waals surface area contributed by atoms with Gasteiger partial charge in [-0.25, -0.2) is 4.98 Å². The van der Waals surface area contributed by atoms with Crippen LogP contribution >= 0.6 is 0 Å². The van der Waals surface area contributed by atoms with Crippen LogP contribution < -0.4 is 5.73 Å². The molecule has 1 aromatic carbocycles. The Hall–Kier alpha value is -1.91. The molecule has 4 heteroatoms. The minimum atomic E-state index is 0.748. The largest absolute Gasteiger partial charge is 0.329 e. The zero-order valence-electron chi connectivity index (χ0n) is 14.5. The first-order valence-electron chi connectivity index (χ1n) is 9.03. The van der Waals surface area contributed by atoms with Gasteiger partial charge in [0, 0.05) is 50.2 Å². The lowest BCUT2D eigenvalue weighted by Crippen LogP contribution is -2.35. The number of fused-ring (bicyclic) bond motifs is 2. The number of hydrogen-bond acceptors (Lipinski definition) is 3. The number of hydrogen-bond donors (Lipinski definition) is 1. The quantitative estimate of drug-likeness (QED) is 0.924. The van der Waals surface area contributed by atoms with Gasteiger partial charge in [-0.1, -0.05) is 29.8 Å². The maximum Gasteiger partial charge on any atom is 0.140 e. The van der Waals surface area contributed by atoms with Crippen LogP contribution in [0.25, 0.3) is 5.57 Å². The number of likely N-dealkylation sites (tertiary alicyclic amines) is 1. The molecule has 0 bridgehead atoms. The van der Waals surface area contributed by atoms with Crippen molar-refractivity contribution in [1.82, 2.24) is 14.5 Å². The molecule has 0 amide bonds. The van der Waals surface area contributed by atoms with Crippen LogP contribution in [0.15, 0.2) is 36.0 Å². The highest BCUT2D eigenvalue weighted by Crippen LogP contribution is 2.36. The van der Waals surface area contributed by atoms with Crippen LogP contribution in [0.1, 0.15) is 35.5 Å². The molecule has 0 spiro atoms. The van der Waals surface area contributed by atoms with Gasteiger partial charge in [0.15, 0.2) is 0 Å². The van der Waals surface area contributed by atoms with Crippen molar-refractivity contribution >= 4 is 5.57 Å². The molecule has 0 radical (unpaired) electrons. The van der Waals surface area contributed by atoms with Gasteiger partial charge in [-0.05, 0) is 37.3 Å². The van der Waals surface area contributed by atoms with Crippen molar-refractivity contribution in [3.05, 3.63) is 58.7 Å². The van der Waals surface area contributed by atoms with Crippen molar-refractivity contribution in [2.75, 3.05) is 26.2 Å². The van der Waals surface area contributed by atoms with Crippen LogP contribution in [0, 0.1) is 6.92 Å². The summed E-state index contributed by atoms with van der Waals surface area (Å²) in [4.78, 5) is 7.28. The molecule has 2 aromatic rings. The molecule has 0 aliphatic carbocycles. The van der Waals surface area contributed by atoms with Crippen molar-refractivity contribution in [2.45, 2.75) is 32.7 Å². The molecule has 0 unspecified atom stereocenters. The van der Waals surface area contributed by atoms with E-state index in [1.54, 1.807) is 5.57 Å². The molecule has 0 atom stereocenters. The Morgan fingerprint density at radius 1 is 1.08 bits per heavy atom. The van der Waals surface area contributed by atoms with Gasteiger partial charge in [0.25, 0.3) is 0 Å². The summed E-state index contributed by atoms with van der Waals surface area (Å²) in [7, 11) is 0. The van der Waals surface area contributed by atoms with Gasteiger partial charge < -0.3 is 15.2 Å². The SMILES string of the molecule is Cc1cnc2n1CCc1ccccc1C2=C1CCN(CCN)CC1. The average molecular weight is 322 g/mol. The molecule has 1 aromatic heterocycles.